The molecule has 0 radical (unpaired) electrons. The van der Waals surface area contributed by atoms with Crippen LogP contribution >= 0.6 is 0 Å². The molecular weight excluding hydrogens is 286 g/mol. The summed E-state index contributed by atoms with van der Waals surface area (Å²) in [6.07, 6.45) is 3.36. The first-order valence-corrected chi connectivity index (χ1v) is 8.01. The van der Waals surface area contributed by atoms with Crippen molar-refractivity contribution in [1.82, 2.24) is 9.29 Å². The zero-order chi connectivity index (χ0) is 15.5. The number of anilines is 1. The van der Waals surface area contributed by atoms with Gasteiger partial charge in [0.1, 0.15) is 0 Å². The van der Waals surface area contributed by atoms with Gasteiger partial charge in [-0.05, 0) is 30.7 Å². The van der Waals surface area contributed by atoms with Gasteiger partial charge in [-0.3, -0.25) is 9.29 Å². The number of pyridine rings is 1. The van der Waals surface area contributed by atoms with Crippen LogP contribution in [0.2, 0.25) is 0 Å². The topological polar surface area (TPSA) is 53.5 Å². The highest BCUT2D eigenvalue weighted by atomic mass is 32.2. The first kappa shape index (κ1) is 15.5. The summed E-state index contributed by atoms with van der Waals surface area (Å²) in [4.78, 5) is 4.07. The van der Waals surface area contributed by atoms with Crippen molar-refractivity contribution in [2.75, 3.05) is 18.4 Å². The molecule has 112 valence electrons. The summed E-state index contributed by atoms with van der Waals surface area (Å²) in [6.45, 7) is 1.85. The summed E-state index contributed by atoms with van der Waals surface area (Å²) < 4.78 is 28.0. The molecule has 2 aromatic rings. The molecule has 0 aliphatic heterocycles. The van der Waals surface area contributed by atoms with E-state index in [0.29, 0.717) is 5.69 Å². The molecule has 0 aliphatic rings. The van der Waals surface area contributed by atoms with Crippen molar-refractivity contribution in [3.8, 4) is 0 Å². The Balaban J connectivity index is 2.52. The van der Waals surface area contributed by atoms with Crippen LogP contribution in [-0.2, 0) is 10.2 Å². The average molecular weight is 305 g/mol. The largest absolute Gasteiger partial charge is 0.304 e. The summed E-state index contributed by atoms with van der Waals surface area (Å²) >= 11 is 0. The molecule has 1 atom stereocenters. The molecular formula is C15H19N3O2S. The van der Waals surface area contributed by atoms with Crippen LogP contribution in [0.5, 0.6) is 0 Å². The van der Waals surface area contributed by atoms with Crippen LogP contribution in [0, 0.1) is 0 Å². The predicted octanol–water partition coefficient (Wildman–Crippen LogP) is 2.46. The zero-order valence-corrected chi connectivity index (χ0v) is 13.2. The number of aromatic nitrogens is 1. The molecule has 6 heteroatoms. The first-order chi connectivity index (χ1) is 9.94. The van der Waals surface area contributed by atoms with E-state index in [1.54, 1.807) is 30.6 Å². The van der Waals surface area contributed by atoms with Crippen molar-refractivity contribution in [3.05, 3.63) is 60.4 Å². The maximum Gasteiger partial charge on any atom is 0.304 e. The monoisotopic (exact) mass is 305 g/mol. The van der Waals surface area contributed by atoms with E-state index in [-0.39, 0.29) is 6.04 Å². The molecule has 0 N–H and O–H groups in total. The Morgan fingerprint density at radius 2 is 1.71 bits per heavy atom. The number of nitrogens with zero attached hydrogens (tertiary/aromatic N) is 3. The fraction of sp³-hybridized carbons (Fsp3) is 0.267. The van der Waals surface area contributed by atoms with Crippen LogP contribution in [0.25, 0.3) is 0 Å². The van der Waals surface area contributed by atoms with E-state index in [0.717, 1.165) is 5.56 Å². The van der Waals surface area contributed by atoms with Crippen LogP contribution in [0.1, 0.15) is 18.5 Å². The van der Waals surface area contributed by atoms with Crippen LogP contribution in [-0.4, -0.2) is 31.8 Å². The third kappa shape index (κ3) is 3.22. The molecule has 21 heavy (non-hydrogen) atoms. The summed E-state index contributed by atoms with van der Waals surface area (Å²) in [7, 11) is -0.543. The van der Waals surface area contributed by atoms with E-state index in [1.165, 1.54) is 22.7 Å². The lowest BCUT2D eigenvalue weighted by molar-refractivity contribution is 0.509. The lowest BCUT2D eigenvalue weighted by Gasteiger charge is -2.32. The molecule has 0 spiro atoms. The van der Waals surface area contributed by atoms with Gasteiger partial charge < -0.3 is 0 Å². The van der Waals surface area contributed by atoms with Gasteiger partial charge in [-0.1, -0.05) is 24.3 Å². The molecule has 1 aromatic carbocycles. The fourth-order valence-electron chi connectivity index (χ4n) is 2.07. The van der Waals surface area contributed by atoms with E-state index in [9.17, 15) is 8.42 Å². The molecule has 0 bridgehead atoms. The number of hydrogen-bond donors (Lipinski definition) is 0. The minimum Gasteiger partial charge on any atom is -0.264 e. The highest BCUT2D eigenvalue weighted by molar-refractivity contribution is 7.90. The Morgan fingerprint density at radius 3 is 2.24 bits per heavy atom. The second kappa shape index (κ2) is 6.24. The number of benzene rings is 1. The highest BCUT2D eigenvalue weighted by Gasteiger charge is 2.30. The van der Waals surface area contributed by atoms with E-state index in [4.69, 9.17) is 0 Å². The van der Waals surface area contributed by atoms with Gasteiger partial charge in [0.15, 0.2) is 0 Å². The van der Waals surface area contributed by atoms with E-state index in [1.807, 2.05) is 31.2 Å². The number of hydrogen-bond acceptors (Lipinski definition) is 3. The molecule has 1 heterocycles. The Morgan fingerprint density at radius 1 is 1.05 bits per heavy atom. The summed E-state index contributed by atoms with van der Waals surface area (Å²) in [5.74, 6) is 0. The lowest BCUT2D eigenvalue weighted by atomic mass is 10.1. The van der Waals surface area contributed by atoms with Gasteiger partial charge in [0, 0.05) is 26.5 Å². The van der Waals surface area contributed by atoms with Crippen LogP contribution in [0.4, 0.5) is 5.69 Å². The Hall–Kier alpha value is -1.92. The maximum atomic E-state index is 12.7. The molecule has 0 fully saturated rings. The van der Waals surface area contributed by atoms with Gasteiger partial charge >= 0.3 is 10.2 Å². The van der Waals surface area contributed by atoms with Crippen LogP contribution in [0.3, 0.4) is 0 Å². The molecule has 0 saturated heterocycles. The van der Waals surface area contributed by atoms with Crippen molar-refractivity contribution in [1.29, 1.82) is 0 Å². The fourth-order valence-corrected chi connectivity index (χ4v) is 3.33. The van der Waals surface area contributed by atoms with E-state index >= 15 is 0 Å². The number of rotatable bonds is 5. The molecule has 0 amide bonds. The van der Waals surface area contributed by atoms with Crippen molar-refractivity contribution < 1.29 is 8.42 Å². The van der Waals surface area contributed by atoms with Gasteiger partial charge in [-0.25, -0.2) is 0 Å². The van der Waals surface area contributed by atoms with Crippen molar-refractivity contribution in [3.63, 3.8) is 0 Å². The van der Waals surface area contributed by atoms with Crippen LogP contribution in [0.15, 0.2) is 54.9 Å². The second-order valence-electron chi connectivity index (χ2n) is 4.88. The minimum absolute atomic E-state index is 0.353. The Labute approximate surface area is 126 Å². The quantitative estimate of drug-likeness (QED) is 0.852. The van der Waals surface area contributed by atoms with Crippen molar-refractivity contribution in [2.45, 2.75) is 13.0 Å². The zero-order valence-electron chi connectivity index (χ0n) is 12.3. The van der Waals surface area contributed by atoms with E-state index < -0.39 is 10.2 Å². The maximum absolute atomic E-state index is 12.7. The number of para-hydroxylation sites is 1. The molecule has 1 aromatic heterocycles. The molecule has 2 rings (SSSR count). The summed E-state index contributed by atoms with van der Waals surface area (Å²) in [5.41, 5.74) is 1.47. The molecule has 1 unspecified atom stereocenters. The van der Waals surface area contributed by atoms with E-state index in [2.05, 4.69) is 4.98 Å². The third-order valence-electron chi connectivity index (χ3n) is 3.24. The minimum atomic E-state index is -3.60. The summed E-state index contributed by atoms with van der Waals surface area (Å²) in [5, 5.41) is 0. The van der Waals surface area contributed by atoms with Crippen molar-refractivity contribution in [2.24, 2.45) is 0 Å². The SMILES string of the molecule is CC(c1cccnc1)N(c1ccccc1)S(=O)(=O)N(C)C. The van der Waals surface area contributed by atoms with Gasteiger partial charge in [0.2, 0.25) is 0 Å². The Bertz CT molecular complexity index is 673. The Kier molecular flexibility index (Phi) is 4.59. The van der Waals surface area contributed by atoms with Gasteiger partial charge in [-0.15, -0.1) is 0 Å². The molecule has 5 nitrogen and oxygen atoms in total. The smallest absolute Gasteiger partial charge is 0.264 e. The lowest BCUT2D eigenvalue weighted by Crippen LogP contribution is -2.41. The molecule has 0 saturated carbocycles. The van der Waals surface area contributed by atoms with Gasteiger partial charge in [0.25, 0.3) is 0 Å². The predicted molar refractivity (Wildman–Crippen MR) is 84.2 cm³/mol. The standard InChI is InChI=1S/C15H19N3O2S/c1-13(14-8-7-11-16-12-14)18(21(19,20)17(2)3)15-9-5-4-6-10-15/h4-13H,1-3H3. The average Bonchev–Trinajstić information content (AvgIpc) is 2.49. The molecule has 0 aliphatic carbocycles. The second-order valence-corrected chi connectivity index (χ2v) is 6.90. The van der Waals surface area contributed by atoms with Crippen molar-refractivity contribution >= 4 is 15.9 Å². The van der Waals surface area contributed by atoms with Gasteiger partial charge in [-0.2, -0.15) is 12.7 Å². The first-order valence-electron chi connectivity index (χ1n) is 6.61. The summed E-state index contributed by atoms with van der Waals surface area (Å²) in [6, 6.07) is 12.4. The highest BCUT2D eigenvalue weighted by Crippen LogP contribution is 2.30. The third-order valence-corrected chi connectivity index (χ3v) is 5.19. The van der Waals surface area contributed by atoms with Crippen LogP contribution < -0.4 is 4.31 Å². The van der Waals surface area contributed by atoms with Gasteiger partial charge in [0.05, 0.1) is 11.7 Å². The normalized spacial score (nSPS) is 13.1.